The minimum atomic E-state index is -0.657. The summed E-state index contributed by atoms with van der Waals surface area (Å²) in [6.45, 7) is 2.73. The number of carbonyl (C=O) groups is 1. The zero-order valence-electron chi connectivity index (χ0n) is 11.3. The second kappa shape index (κ2) is 8.45. The molecule has 0 aromatic heterocycles. The van der Waals surface area contributed by atoms with E-state index in [0.717, 1.165) is 25.9 Å². The van der Waals surface area contributed by atoms with Crippen LogP contribution >= 0.6 is 0 Å². The zero-order valence-corrected chi connectivity index (χ0v) is 11.3. The maximum absolute atomic E-state index is 11.0. The lowest BCUT2D eigenvalue weighted by Crippen LogP contribution is -2.27. The van der Waals surface area contributed by atoms with Crippen molar-refractivity contribution in [1.29, 1.82) is 0 Å². The molecular formula is C13H24O5. The average molecular weight is 260 g/mol. The summed E-state index contributed by atoms with van der Waals surface area (Å²) in [7, 11) is 1.32. The van der Waals surface area contributed by atoms with Crippen molar-refractivity contribution in [3.05, 3.63) is 0 Å². The van der Waals surface area contributed by atoms with Crippen LogP contribution in [0.5, 0.6) is 0 Å². The van der Waals surface area contributed by atoms with Crippen LogP contribution in [0.25, 0.3) is 0 Å². The van der Waals surface area contributed by atoms with Crippen molar-refractivity contribution in [2.75, 3.05) is 13.7 Å². The molecule has 0 aromatic carbocycles. The van der Waals surface area contributed by atoms with E-state index in [9.17, 15) is 9.90 Å². The molecule has 0 amide bonds. The Morgan fingerprint density at radius 3 is 2.83 bits per heavy atom. The Balaban J connectivity index is 2.11. The van der Waals surface area contributed by atoms with Crippen molar-refractivity contribution in [3.63, 3.8) is 0 Å². The van der Waals surface area contributed by atoms with Gasteiger partial charge in [0.05, 0.1) is 25.7 Å². The van der Waals surface area contributed by atoms with E-state index in [1.165, 1.54) is 7.11 Å². The topological polar surface area (TPSA) is 65.0 Å². The van der Waals surface area contributed by atoms with Gasteiger partial charge in [-0.1, -0.05) is 0 Å². The van der Waals surface area contributed by atoms with Crippen LogP contribution in [-0.4, -0.2) is 43.3 Å². The van der Waals surface area contributed by atoms with Crippen LogP contribution in [0.15, 0.2) is 0 Å². The Hall–Kier alpha value is -0.650. The molecule has 106 valence electrons. The Morgan fingerprint density at radius 1 is 1.44 bits per heavy atom. The standard InChI is InChI=1S/C13H24O5/c1-10(18-13-5-3-4-8-17-13)6-7-11(14)9-12(15)16-2/h10-11,13-14H,3-9H2,1-2H3/t10-,11-,13-/m1/s1. The van der Waals surface area contributed by atoms with E-state index in [1.807, 2.05) is 6.92 Å². The minimum Gasteiger partial charge on any atom is -0.469 e. The number of aliphatic hydroxyl groups is 1. The van der Waals surface area contributed by atoms with Gasteiger partial charge in [-0.3, -0.25) is 4.79 Å². The van der Waals surface area contributed by atoms with E-state index in [2.05, 4.69) is 4.74 Å². The van der Waals surface area contributed by atoms with Gasteiger partial charge in [0.2, 0.25) is 0 Å². The van der Waals surface area contributed by atoms with Crippen LogP contribution in [0, 0.1) is 0 Å². The highest BCUT2D eigenvalue weighted by molar-refractivity contribution is 5.69. The van der Waals surface area contributed by atoms with E-state index >= 15 is 0 Å². The quantitative estimate of drug-likeness (QED) is 0.705. The molecule has 1 rings (SSSR count). The number of hydrogen-bond donors (Lipinski definition) is 1. The van der Waals surface area contributed by atoms with Crippen molar-refractivity contribution in [2.45, 2.75) is 63.9 Å². The van der Waals surface area contributed by atoms with Gasteiger partial charge in [0.1, 0.15) is 0 Å². The maximum Gasteiger partial charge on any atom is 0.308 e. The highest BCUT2D eigenvalue weighted by Crippen LogP contribution is 2.17. The second-order valence-corrected chi connectivity index (χ2v) is 4.75. The number of methoxy groups -OCH3 is 1. The first-order valence-electron chi connectivity index (χ1n) is 6.63. The molecule has 1 fully saturated rings. The third kappa shape index (κ3) is 6.33. The highest BCUT2D eigenvalue weighted by Gasteiger charge is 2.18. The second-order valence-electron chi connectivity index (χ2n) is 4.75. The molecule has 1 aliphatic rings. The third-order valence-corrected chi connectivity index (χ3v) is 3.06. The van der Waals surface area contributed by atoms with Crippen LogP contribution in [0.1, 0.15) is 45.4 Å². The summed E-state index contributed by atoms with van der Waals surface area (Å²) in [6.07, 6.45) is 3.73. The van der Waals surface area contributed by atoms with E-state index in [1.54, 1.807) is 0 Å². The fourth-order valence-electron chi connectivity index (χ4n) is 1.95. The monoisotopic (exact) mass is 260 g/mol. The smallest absolute Gasteiger partial charge is 0.308 e. The molecule has 5 nitrogen and oxygen atoms in total. The van der Waals surface area contributed by atoms with Gasteiger partial charge < -0.3 is 19.3 Å². The van der Waals surface area contributed by atoms with Gasteiger partial charge in [-0.05, 0) is 39.0 Å². The number of ether oxygens (including phenoxy) is 3. The van der Waals surface area contributed by atoms with Gasteiger partial charge in [-0.2, -0.15) is 0 Å². The number of rotatable bonds is 7. The lowest BCUT2D eigenvalue weighted by atomic mass is 10.1. The molecule has 1 aliphatic heterocycles. The summed E-state index contributed by atoms with van der Waals surface area (Å²) in [5.74, 6) is -0.383. The molecule has 0 radical (unpaired) electrons. The lowest BCUT2D eigenvalue weighted by molar-refractivity contribution is -0.186. The van der Waals surface area contributed by atoms with Crippen molar-refractivity contribution in [1.82, 2.24) is 0 Å². The molecule has 5 heteroatoms. The Labute approximate surface area is 108 Å². The summed E-state index contributed by atoms with van der Waals surface area (Å²) in [6, 6.07) is 0. The molecule has 0 saturated carbocycles. The Morgan fingerprint density at radius 2 is 2.22 bits per heavy atom. The van der Waals surface area contributed by atoms with Crippen molar-refractivity contribution < 1.29 is 24.1 Å². The highest BCUT2D eigenvalue weighted by atomic mass is 16.7. The molecule has 0 aromatic rings. The number of carbonyl (C=O) groups excluding carboxylic acids is 1. The van der Waals surface area contributed by atoms with Crippen molar-refractivity contribution in [3.8, 4) is 0 Å². The average Bonchev–Trinajstić information content (AvgIpc) is 2.37. The molecule has 1 N–H and O–H groups in total. The summed E-state index contributed by atoms with van der Waals surface area (Å²) in [4.78, 5) is 11.0. The van der Waals surface area contributed by atoms with Gasteiger partial charge >= 0.3 is 5.97 Å². The molecule has 18 heavy (non-hydrogen) atoms. The Kier molecular flexibility index (Phi) is 7.23. The summed E-state index contributed by atoms with van der Waals surface area (Å²) >= 11 is 0. The fraction of sp³-hybridized carbons (Fsp3) is 0.923. The van der Waals surface area contributed by atoms with E-state index in [-0.39, 0.29) is 24.8 Å². The molecule has 0 bridgehead atoms. The van der Waals surface area contributed by atoms with Gasteiger partial charge in [0.15, 0.2) is 6.29 Å². The van der Waals surface area contributed by atoms with E-state index in [0.29, 0.717) is 12.8 Å². The van der Waals surface area contributed by atoms with Crippen LogP contribution in [0.3, 0.4) is 0 Å². The first-order chi connectivity index (χ1) is 8.61. The number of aliphatic hydroxyl groups excluding tert-OH is 1. The normalized spacial score (nSPS) is 23.4. The molecule has 0 spiro atoms. The van der Waals surface area contributed by atoms with Gasteiger partial charge in [-0.25, -0.2) is 0 Å². The fourth-order valence-corrected chi connectivity index (χ4v) is 1.95. The van der Waals surface area contributed by atoms with Gasteiger partial charge in [0, 0.05) is 6.61 Å². The van der Waals surface area contributed by atoms with E-state index in [4.69, 9.17) is 9.47 Å². The van der Waals surface area contributed by atoms with Crippen LogP contribution in [0.4, 0.5) is 0 Å². The molecular weight excluding hydrogens is 236 g/mol. The van der Waals surface area contributed by atoms with Crippen LogP contribution in [-0.2, 0) is 19.0 Å². The summed E-state index contributed by atoms with van der Waals surface area (Å²) in [5.41, 5.74) is 0. The zero-order chi connectivity index (χ0) is 13.4. The minimum absolute atomic E-state index is 0.0281. The molecule has 1 heterocycles. The summed E-state index contributed by atoms with van der Waals surface area (Å²) in [5, 5.41) is 9.62. The largest absolute Gasteiger partial charge is 0.469 e. The number of esters is 1. The predicted octanol–water partition coefficient (Wildman–Crippen LogP) is 1.62. The Bertz CT molecular complexity index is 238. The van der Waals surface area contributed by atoms with Crippen LogP contribution < -0.4 is 0 Å². The first kappa shape index (κ1) is 15.4. The maximum atomic E-state index is 11.0. The molecule has 1 saturated heterocycles. The molecule has 3 atom stereocenters. The van der Waals surface area contributed by atoms with E-state index < -0.39 is 6.10 Å². The predicted molar refractivity (Wildman–Crippen MR) is 66.0 cm³/mol. The van der Waals surface area contributed by atoms with Gasteiger partial charge in [-0.15, -0.1) is 0 Å². The number of hydrogen-bond acceptors (Lipinski definition) is 5. The van der Waals surface area contributed by atoms with Crippen molar-refractivity contribution in [2.24, 2.45) is 0 Å². The lowest BCUT2D eigenvalue weighted by Gasteiger charge is -2.26. The van der Waals surface area contributed by atoms with Gasteiger partial charge in [0.25, 0.3) is 0 Å². The molecule has 0 unspecified atom stereocenters. The molecule has 0 aliphatic carbocycles. The third-order valence-electron chi connectivity index (χ3n) is 3.06. The SMILES string of the molecule is COC(=O)C[C@H](O)CC[C@@H](C)O[C@@H]1CCCCO1. The first-order valence-corrected chi connectivity index (χ1v) is 6.63. The van der Waals surface area contributed by atoms with Crippen molar-refractivity contribution >= 4 is 5.97 Å². The summed E-state index contributed by atoms with van der Waals surface area (Å²) < 4.78 is 15.7. The van der Waals surface area contributed by atoms with Crippen LogP contribution in [0.2, 0.25) is 0 Å².